The fraction of sp³-hybridized carbons (Fsp3) is 0.500. The Hall–Kier alpha value is -0.770. The third-order valence-corrected chi connectivity index (χ3v) is 3.19. The predicted octanol–water partition coefficient (Wildman–Crippen LogP) is 2.24. The summed E-state index contributed by atoms with van der Waals surface area (Å²) in [5.41, 5.74) is 1.16. The summed E-state index contributed by atoms with van der Waals surface area (Å²) in [7, 11) is 0. The fourth-order valence-corrected chi connectivity index (χ4v) is 2.28. The first-order valence-electron chi connectivity index (χ1n) is 5.00. The van der Waals surface area contributed by atoms with Crippen LogP contribution in [-0.2, 0) is 0 Å². The van der Waals surface area contributed by atoms with E-state index in [-0.39, 0.29) is 0 Å². The van der Waals surface area contributed by atoms with Gasteiger partial charge in [0.1, 0.15) is 0 Å². The van der Waals surface area contributed by atoms with Crippen LogP contribution in [0.25, 0.3) is 0 Å². The van der Waals surface area contributed by atoms with E-state index in [1.807, 2.05) is 6.20 Å². The lowest BCUT2D eigenvalue weighted by Gasteiger charge is -2.30. The number of rotatable bonds is 1. The van der Waals surface area contributed by atoms with Crippen molar-refractivity contribution in [2.24, 2.45) is 0 Å². The molecule has 1 aromatic rings. The molecule has 3 rings (SSSR count). The quantitative estimate of drug-likeness (QED) is 0.833. The second kappa shape index (κ2) is 3.12. The normalized spacial score (nSPS) is 20.2. The molecule has 0 saturated heterocycles. The molecule has 1 N–H and O–H groups in total. The lowest BCUT2D eigenvalue weighted by Crippen LogP contribution is -2.36. The molecule has 0 amide bonds. The summed E-state index contributed by atoms with van der Waals surface area (Å²) in [5.74, 6) is 1.13. The van der Waals surface area contributed by atoms with E-state index in [0.29, 0.717) is 0 Å². The molecular weight excluding hydrogens is 242 g/mol. The van der Waals surface area contributed by atoms with Crippen LogP contribution in [0.2, 0.25) is 0 Å². The predicted molar refractivity (Wildman–Crippen MR) is 60.8 cm³/mol. The summed E-state index contributed by atoms with van der Waals surface area (Å²) in [6.45, 7) is 2.12. The molecule has 74 valence electrons. The molecular formula is C10H12BrN3. The minimum absolute atomic E-state index is 0.754. The molecule has 2 aliphatic rings. The van der Waals surface area contributed by atoms with E-state index in [4.69, 9.17) is 0 Å². The van der Waals surface area contributed by atoms with Gasteiger partial charge < -0.3 is 10.2 Å². The van der Waals surface area contributed by atoms with Gasteiger partial charge in [0.25, 0.3) is 0 Å². The minimum Gasteiger partial charge on any atom is -0.380 e. The van der Waals surface area contributed by atoms with Crippen LogP contribution >= 0.6 is 15.9 Å². The molecule has 4 heteroatoms. The number of fused-ring (bicyclic) bond motifs is 1. The van der Waals surface area contributed by atoms with E-state index in [1.165, 1.54) is 12.8 Å². The number of nitrogens with zero attached hydrogens (tertiary/aromatic N) is 2. The summed E-state index contributed by atoms with van der Waals surface area (Å²) in [6.07, 6.45) is 4.54. The van der Waals surface area contributed by atoms with Crippen molar-refractivity contribution < 1.29 is 0 Å². The summed E-state index contributed by atoms with van der Waals surface area (Å²) in [5, 5.41) is 3.38. The molecule has 3 nitrogen and oxygen atoms in total. The van der Waals surface area contributed by atoms with Gasteiger partial charge in [0.2, 0.25) is 0 Å². The second-order valence-electron chi connectivity index (χ2n) is 3.88. The molecule has 1 saturated carbocycles. The third kappa shape index (κ3) is 1.38. The molecule has 1 aliphatic carbocycles. The number of aromatic nitrogens is 1. The van der Waals surface area contributed by atoms with Crippen LogP contribution < -0.4 is 10.2 Å². The highest BCUT2D eigenvalue weighted by Gasteiger charge is 2.32. The molecule has 1 aliphatic heterocycles. The van der Waals surface area contributed by atoms with Crippen molar-refractivity contribution in [3.63, 3.8) is 0 Å². The first kappa shape index (κ1) is 8.53. The van der Waals surface area contributed by atoms with Gasteiger partial charge in [0.15, 0.2) is 5.82 Å². The summed E-state index contributed by atoms with van der Waals surface area (Å²) in [6, 6.07) is 2.86. The van der Waals surface area contributed by atoms with Crippen LogP contribution in [0, 0.1) is 0 Å². The van der Waals surface area contributed by atoms with E-state index in [2.05, 4.69) is 37.2 Å². The van der Waals surface area contributed by atoms with Crippen LogP contribution in [0.1, 0.15) is 12.8 Å². The minimum atomic E-state index is 0.754. The number of anilines is 2. The Morgan fingerprint density at radius 2 is 2.36 bits per heavy atom. The lowest BCUT2D eigenvalue weighted by molar-refractivity contribution is 0.765. The van der Waals surface area contributed by atoms with Gasteiger partial charge in [-0.25, -0.2) is 4.98 Å². The molecule has 0 bridgehead atoms. The number of hydrogen-bond acceptors (Lipinski definition) is 3. The Bertz CT molecular complexity index is 362. The summed E-state index contributed by atoms with van der Waals surface area (Å²) in [4.78, 5) is 6.91. The zero-order chi connectivity index (χ0) is 9.54. The molecule has 0 spiro atoms. The number of nitrogens with one attached hydrogen (secondary N) is 1. The van der Waals surface area contributed by atoms with Crippen molar-refractivity contribution in [2.75, 3.05) is 23.3 Å². The van der Waals surface area contributed by atoms with Crippen LogP contribution in [0.5, 0.6) is 0 Å². The Kier molecular flexibility index (Phi) is 1.90. The maximum Gasteiger partial charge on any atom is 0.152 e. The van der Waals surface area contributed by atoms with Crippen LogP contribution in [0.15, 0.2) is 16.7 Å². The summed E-state index contributed by atoms with van der Waals surface area (Å²) < 4.78 is 1.04. The average molecular weight is 254 g/mol. The van der Waals surface area contributed by atoms with Crippen LogP contribution in [0.3, 0.4) is 0 Å². The zero-order valence-corrected chi connectivity index (χ0v) is 9.42. The zero-order valence-electron chi connectivity index (χ0n) is 7.83. The van der Waals surface area contributed by atoms with Crippen molar-refractivity contribution in [1.82, 2.24) is 4.98 Å². The third-order valence-electron chi connectivity index (χ3n) is 2.76. The maximum absolute atomic E-state index is 4.48. The maximum atomic E-state index is 4.48. The van der Waals surface area contributed by atoms with Crippen molar-refractivity contribution in [2.45, 2.75) is 18.9 Å². The van der Waals surface area contributed by atoms with Gasteiger partial charge in [0.05, 0.1) is 5.69 Å². The van der Waals surface area contributed by atoms with E-state index >= 15 is 0 Å². The van der Waals surface area contributed by atoms with E-state index in [0.717, 1.165) is 35.1 Å². The largest absolute Gasteiger partial charge is 0.380 e. The molecule has 1 aromatic heterocycles. The molecule has 2 heterocycles. The van der Waals surface area contributed by atoms with E-state index < -0.39 is 0 Å². The number of hydrogen-bond donors (Lipinski definition) is 1. The van der Waals surface area contributed by atoms with E-state index in [1.54, 1.807) is 0 Å². The molecule has 0 atom stereocenters. The van der Waals surface area contributed by atoms with Gasteiger partial charge in [-0.3, -0.25) is 0 Å². The highest BCUT2D eigenvalue weighted by molar-refractivity contribution is 9.10. The number of pyridine rings is 1. The molecule has 0 radical (unpaired) electrons. The smallest absolute Gasteiger partial charge is 0.152 e. The van der Waals surface area contributed by atoms with Gasteiger partial charge >= 0.3 is 0 Å². The van der Waals surface area contributed by atoms with Crippen molar-refractivity contribution in [3.05, 3.63) is 16.7 Å². The Morgan fingerprint density at radius 1 is 1.50 bits per heavy atom. The van der Waals surface area contributed by atoms with Crippen LogP contribution in [-0.4, -0.2) is 24.1 Å². The van der Waals surface area contributed by atoms with Crippen molar-refractivity contribution in [3.8, 4) is 0 Å². The average Bonchev–Trinajstić information content (AvgIpc) is 2.99. The molecule has 0 aromatic carbocycles. The van der Waals surface area contributed by atoms with E-state index in [9.17, 15) is 0 Å². The monoisotopic (exact) mass is 253 g/mol. The van der Waals surface area contributed by atoms with Gasteiger partial charge in [-0.2, -0.15) is 0 Å². The standard InChI is InChI=1S/C10H12BrN3/c11-7-5-9-10(13-6-7)14(4-3-12-9)8-1-2-8/h5-6,8,12H,1-4H2. The molecule has 1 fully saturated rings. The number of halogens is 1. The van der Waals surface area contributed by atoms with Crippen molar-refractivity contribution >= 4 is 27.4 Å². The summed E-state index contributed by atoms with van der Waals surface area (Å²) >= 11 is 3.44. The van der Waals surface area contributed by atoms with Crippen molar-refractivity contribution in [1.29, 1.82) is 0 Å². The van der Waals surface area contributed by atoms with Crippen LogP contribution in [0.4, 0.5) is 11.5 Å². The van der Waals surface area contributed by atoms with Gasteiger partial charge in [-0.05, 0) is 34.8 Å². The molecule has 14 heavy (non-hydrogen) atoms. The highest BCUT2D eigenvalue weighted by Crippen LogP contribution is 2.36. The highest BCUT2D eigenvalue weighted by atomic mass is 79.9. The molecule has 0 unspecified atom stereocenters. The SMILES string of the molecule is Brc1cnc2c(c1)NCCN2C1CC1. The van der Waals surface area contributed by atoms with Gasteiger partial charge in [0, 0.05) is 29.8 Å². The Morgan fingerprint density at radius 3 is 3.14 bits per heavy atom. The fourth-order valence-electron chi connectivity index (χ4n) is 1.95. The Labute approximate surface area is 91.6 Å². The van der Waals surface area contributed by atoms with Gasteiger partial charge in [-0.15, -0.1) is 0 Å². The first-order chi connectivity index (χ1) is 6.84. The topological polar surface area (TPSA) is 28.2 Å². The lowest BCUT2D eigenvalue weighted by atomic mass is 10.3. The van der Waals surface area contributed by atoms with Gasteiger partial charge in [-0.1, -0.05) is 0 Å². The Balaban J connectivity index is 2.01. The second-order valence-corrected chi connectivity index (χ2v) is 4.79. The first-order valence-corrected chi connectivity index (χ1v) is 5.80.